The van der Waals surface area contributed by atoms with Crippen molar-refractivity contribution >= 4 is 43.2 Å². The monoisotopic (exact) mass is 354 g/mol. The van der Waals surface area contributed by atoms with Gasteiger partial charge in [0.05, 0.1) is 16.0 Å². The summed E-state index contributed by atoms with van der Waals surface area (Å²) >= 11 is 9.16. The van der Waals surface area contributed by atoms with Crippen molar-refractivity contribution in [3.8, 4) is 0 Å². The largest absolute Gasteiger partial charge is 0.316 e. The van der Waals surface area contributed by atoms with E-state index in [1.165, 1.54) is 0 Å². The fourth-order valence-corrected chi connectivity index (χ4v) is 2.70. The molecule has 1 aromatic carbocycles. The lowest BCUT2D eigenvalue weighted by Gasteiger charge is -2.15. The van der Waals surface area contributed by atoms with Crippen molar-refractivity contribution in [1.82, 2.24) is 5.32 Å². The fraction of sp³-hybridized carbons (Fsp3) is 0.455. The van der Waals surface area contributed by atoms with Crippen molar-refractivity contribution in [3.63, 3.8) is 0 Å². The third-order valence-corrected chi connectivity index (χ3v) is 5.37. The molecule has 7 heteroatoms. The summed E-state index contributed by atoms with van der Waals surface area (Å²) in [6.07, 6.45) is 0. The van der Waals surface area contributed by atoms with Gasteiger partial charge in [-0.25, -0.2) is 8.42 Å². The SMILES string of the molecule is CCNCC(C)S(=O)(=O)Nc1ccc(Br)c(Cl)c1. The second-order valence-corrected chi connectivity index (χ2v) is 7.25. The molecule has 1 aromatic rings. The summed E-state index contributed by atoms with van der Waals surface area (Å²) in [7, 11) is -3.40. The summed E-state index contributed by atoms with van der Waals surface area (Å²) in [5, 5.41) is 2.96. The smallest absolute Gasteiger partial charge is 0.236 e. The Hall–Kier alpha value is -0.300. The average molecular weight is 356 g/mol. The molecule has 0 saturated carbocycles. The molecule has 0 amide bonds. The quantitative estimate of drug-likeness (QED) is 0.825. The number of sulfonamides is 1. The van der Waals surface area contributed by atoms with Crippen LogP contribution in [0.1, 0.15) is 13.8 Å². The molecule has 1 atom stereocenters. The highest BCUT2D eigenvalue weighted by atomic mass is 79.9. The lowest BCUT2D eigenvalue weighted by atomic mass is 10.3. The summed E-state index contributed by atoms with van der Waals surface area (Å²) in [4.78, 5) is 0. The van der Waals surface area contributed by atoms with E-state index >= 15 is 0 Å². The summed E-state index contributed by atoms with van der Waals surface area (Å²) in [6.45, 7) is 4.74. The molecule has 0 aliphatic rings. The maximum absolute atomic E-state index is 12.0. The van der Waals surface area contributed by atoms with Crippen LogP contribution >= 0.6 is 27.5 Å². The van der Waals surface area contributed by atoms with Gasteiger partial charge in [-0.1, -0.05) is 18.5 Å². The molecule has 0 aromatic heterocycles. The van der Waals surface area contributed by atoms with E-state index in [1.807, 2.05) is 6.92 Å². The van der Waals surface area contributed by atoms with Crippen LogP contribution in [-0.4, -0.2) is 26.8 Å². The van der Waals surface area contributed by atoms with Crippen LogP contribution in [0.4, 0.5) is 5.69 Å². The third-order valence-electron chi connectivity index (χ3n) is 2.39. The second-order valence-electron chi connectivity index (χ2n) is 3.89. The summed E-state index contributed by atoms with van der Waals surface area (Å²) in [5.74, 6) is 0. The highest BCUT2D eigenvalue weighted by Crippen LogP contribution is 2.26. The molecule has 1 unspecified atom stereocenters. The Kier molecular flexibility index (Phi) is 5.91. The molecule has 0 aliphatic heterocycles. The van der Waals surface area contributed by atoms with Gasteiger partial charge in [-0.15, -0.1) is 0 Å². The van der Waals surface area contributed by atoms with E-state index in [2.05, 4.69) is 26.0 Å². The van der Waals surface area contributed by atoms with Crippen LogP contribution in [0.25, 0.3) is 0 Å². The Labute approximate surface area is 121 Å². The van der Waals surface area contributed by atoms with Gasteiger partial charge in [-0.05, 0) is 47.6 Å². The van der Waals surface area contributed by atoms with Crippen LogP contribution in [-0.2, 0) is 10.0 Å². The van der Waals surface area contributed by atoms with E-state index in [-0.39, 0.29) is 0 Å². The number of nitrogens with one attached hydrogen (secondary N) is 2. The van der Waals surface area contributed by atoms with Gasteiger partial charge in [-0.3, -0.25) is 4.72 Å². The predicted octanol–water partition coefficient (Wildman–Crippen LogP) is 2.84. The maximum Gasteiger partial charge on any atom is 0.236 e. The van der Waals surface area contributed by atoms with E-state index in [0.29, 0.717) is 17.3 Å². The summed E-state index contributed by atoms with van der Waals surface area (Å²) in [6, 6.07) is 4.94. The molecule has 0 spiro atoms. The Bertz CT molecular complexity index is 508. The number of benzene rings is 1. The number of rotatable bonds is 6. The number of hydrogen-bond donors (Lipinski definition) is 2. The van der Waals surface area contributed by atoms with Gasteiger partial charge in [0.2, 0.25) is 10.0 Å². The summed E-state index contributed by atoms with van der Waals surface area (Å²) in [5.41, 5.74) is 0.464. The summed E-state index contributed by atoms with van der Waals surface area (Å²) < 4.78 is 27.2. The Balaban J connectivity index is 2.78. The molecule has 1 rings (SSSR count). The van der Waals surface area contributed by atoms with Crippen LogP contribution in [0.2, 0.25) is 5.02 Å². The molecule has 102 valence electrons. The zero-order valence-electron chi connectivity index (χ0n) is 10.2. The van der Waals surface area contributed by atoms with Crippen molar-refractivity contribution in [3.05, 3.63) is 27.7 Å². The minimum Gasteiger partial charge on any atom is -0.316 e. The first kappa shape index (κ1) is 15.8. The Morgan fingerprint density at radius 2 is 2.11 bits per heavy atom. The predicted molar refractivity (Wildman–Crippen MR) is 79.7 cm³/mol. The fourth-order valence-electron chi connectivity index (χ4n) is 1.28. The molecule has 2 N–H and O–H groups in total. The van der Waals surface area contributed by atoms with E-state index in [4.69, 9.17) is 11.6 Å². The number of halogens is 2. The highest BCUT2D eigenvalue weighted by Gasteiger charge is 2.20. The second kappa shape index (κ2) is 6.75. The van der Waals surface area contributed by atoms with Crippen molar-refractivity contribution in [2.24, 2.45) is 0 Å². The number of anilines is 1. The van der Waals surface area contributed by atoms with Crippen molar-refractivity contribution in [2.75, 3.05) is 17.8 Å². The molecule has 0 fully saturated rings. The van der Waals surface area contributed by atoms with Gasteiger partial charge < -0.3 is 5.32 Å². The van der Waals surface area contributed by atoms with Crippen LogP contribution in [0.3, 0.4) is 0 Å². The first-order chi connectivity index (χ1) is 8.36. The average Bonchev–Trinajstić information content (AvgIpc) is 2.30. The van der Waals surface area contributed by atoms with Crippen molar-refractivity contribution in [2.45, 2.75) is 19.1 Å². The van der Waals surface area contributed by atoms with E-state index in [9.17, 15) is 8.42 Å². The normalized spacial score (nSPS) is 13.3. The molecular weight excluding hydrogens is 340 g/mol. The minimum atomic E-state index is -3.40. The van der Waals surface area contributed by atoms with Crippen LogP contribution in [0.15, 0.2) is 22.7 Å². The molecular formula is C11H16BrClN2O2S. The molecule has 0 radical (unpaired) electrons. The zero-order valence-corrected chi connectivity index (χ0v) is 13.4. The molecule has 0 aliphatic carbocycles. The molecule has 4 nitrogen and oxygen atoms in total. The first-order valence-corrected chi connectivity index (χ1v) is 8.26. The molecule has 0 heterocycles. The van der Waals surface area contributed by atoms with Gasteiger partial charge in [-0.2, -0.15) is 0 Å². The first-order valence-electron chi connectivity index (χ1n) is 5.54. The van der Waals surface area contributed by atoms with Crippen molar-refractivity contribution < 1.29 is 8.42 Å². The number of hydrogen-bond acceptors (Lipinski definition) is 3. The highest BCUT2D eigenvalue weighted by molar-refractivity contribution is 9.10. The maximum atomic E-state index is 12.0. The van der Waals surface area contributed by atoms with Gasteiger partial charge in [0, 0.05) is 11.0 Å². The van der Waals surface area contributed by atoms with E-state index < -0.39 is 15.3 Å². The van der Waals surface area contributed by atoms with Gasteiger partial charge in [0.1, 0.15) is 0 Å². The molecule has 0 bridgehead atoms. The van der Waals surface area contributed by atoms with Crippen LogP contribution in [0, 0.1) is 0 Å². The lowest BCUT2D eigenvalue weighted by Crippen LogP contribution is -2.34. The molecule has 18 heavy (non-hydrogen) atoms. The van der Waals surface area contributed by atoms with Crippen LogP contribution in [0.5, 0.6) is 0 Å². The Morgan fingerprint density at radius 3 is 2.67 bits per heavy atom. The standard InChI is InChI=1S/C11H16BrClN2O2S/c1-3-14-7-8(2)18(16,17)15-9-4-5-10(12)11(13)6-9/h4-6,8,14-15H,3,7H2,1-2H3. The molecule has 0 saturated heterocycles. The van der Waals surface area contributed by atoms with Gasteiger partial charge in [0.25, 0.3) is 0 Å². The topological polar surface area (TPSA) is 58.2 Å². The van der Waals surface area contributed by atoms with E-state index in [1.54, 1.807) is 25.1 Å². The lowest BCUT2D eigenvalue weighted by molar-refractivity contribution is 0.579. The van der Waals surface area contributed by atoms with E-state index in [0.717, 1.165) is 11.0 Å². The minimum absolute atomic E-state index is 0.413. The Morgan fingerprint density at radius 1 is 1.44 bits per heavy atom. The van der Waals surface area contributed by atoms with Gasteiger partial charge >= 0.3 is 0 Å². The van der Waals surface area contributed by atoms with Gasteiger partial charge in [0.15, 0.2) is 0 Å². The van der Waals surface area contributed by atoms with Crippen molar-refractivity contribution in [1.29, 1.82) is 0 Å². The van der Waals surface area contributed by atoms with Crippen LogP contribution < -0.4 is 10.0 Å². The zero-order chi connectivity index (χ0) is 13.8. The third kappa shape index (κ3) is 4.42.